The van der Waals surface area contributed by atoms with Crippen LogP contribution in [0.4, 0.5) is 0 Å². The lowest BCUT2D eigenvalue weighted by Gasteiger charge is -2.09. The van der Waals surface area contributed by atoms with Crippen molar-refractivity contribution in [2.45, 2.75) is 167 Å². The molecule has 0 aromatic carbocycles. The van der Waals surface area contributed by atoms with Crippen LogP contribution in [-0.2, 0) is 0 Å². The molecule has 0 aliphatic heterocycles. The molecule has 0 aromatic heterocycles. The molecule has 188 valence electrons. The van der Waals surface area contributed by atoms with Crippen LogP contribution in [0, 0.1) is 0 Å². The molecule has 0 rings (SSSR count). The molecule has 0 heterocycles. The highest BCUT2D eigenvalue weighted by Gasteiger charge is 1.99. The van der Waals surface area contributed by atoms with Crippen molar-refractivity contribution in [2.75, 3.05) is 13.2 Å². The van der Waals surface area contributed by atoms with Crippen LogP contribution in [0.2, 0.25) is 0 Å². The summed E-state index contributed by atoms with van der Waals surface area (Å²) in [6.07, 6.45) is 33.1. The lowest BCUT2D eigenvalue weighted by Crippen LogP contribution is -2.32. The van der Waals surface area contributed by atoms with Crippen molar-refractivity contribution in [2.24, 2.45) is 0 Å². The van der Waals surface area contributed by atoms with Gasteiger partial charge in [-0.05, 0) is 13.0 Å². The van der Waals surface area contributed by atoms with Gasteiger partial charge in [-0.15, -0.1) is 0 Å². The molecule has 0 radical (unpaired) electrons. The smallest absolute Gasteiger partial charge is 0.128 e. The Morgan fingerprint density at radius 1 is 0.452 bits per heavy atom. The van der Waals surface area contributed by atoms with Gasteiger partial charge < -0.3 is 10.2 Å². The third-order valence-electron chi connectivity index (χ3n) is 6.58. The highest BCUT2D eigenvalue weighted by atomic mass is 16.3. The lowest BCUT2D eigenvalue weighted by molar-refractivity contribution is 0.0679. The van der Waals surface area contributed by atoms with Crippen molar-refractivity contribution in [1.29, 1.82) is 0 Å². The van der Waals surface area contributed by atoms with E-state index in [1.165, 1.54) is 148 Å². The number of aliphatic hydroxyl groups is 2. The minimum Gasteiger partial charge on any atom is -0.392 e. The van der Waals surface area contributed by atoms with Crippen molar-refractivity contribution < 1.29 is 10.2 Å². The Kier molecular flexibility index (Phi) is 27.8. The van der Waals surface area contributed by atoms with E-state index in [0.717, 1.165) is 13.0 Å². The Labute approximate surface area is 196 Å². The number of hydrogen-bond acceptors (Lipinski definition) is 3. The molecule has 0 fully saturated rings. The summed E-state index contributed by atoms with van der Waals surface area (Å²) in [5.41, 5.74) is 0. The number of rotatable bonds is 27. The molecule has 0 bridgehead atoms. The van der Waals surface area contributed by atoms with Crippen LogP contribution in [0.5, 0.6) is 0 Å². The molecule has 0 saturated heterocycles. The third kappa shape index (κ3) is 27.8. The summed E-state index contributed by atoms with van der Waals surface area (Å²) in [6.45, 7) is 2.91. The summed E-state index contributed by atoms with van der Waals surface area (Å²) >= 11 is 0. The van der Waals surface area contributed by atoms with Crippen LogP contribution in [-0.4, -0.2) is 29.6 Å². The van der Waals surface area contributed by atoms with E-state index in [2.05, 4.69) is 12.2 Å². The molecule has 1 unspecified atom stereocenters. The molecule has 3 nitrogen and oxygen atoms in total. The highest BCUT2D eigenvalue weighted by Crippen LogP contribution is 2.15. The van der Waals surface area contributed by atoms with Crippen LogP contribution in [0.15, 0.2) is 0 Å². The fraction of sp³-hybridized carbons (Fsp3) is 1.00. The Hall–Kier alpha value is -0.120. The van der Waals surface area contributed by atoms with Gasteiger partial charge in [0.05, 0.1) is 6.61 Å². The van der Waals surface area contributed by atoms with Crippen LogP contribution in [0.3, 0.4) is 0 Å². The third-order valence-corrected chi connectivity index (χ3v) is 6.58. The Morgan fingerprint density at radius 3 is 0.968 bits per heavy atom. The standard InChI is InChI=1S/C28H59NO2/c1-2-3-4-5-6-7-8-9-10-11-12-13-14-15-16-17-18-19-20-21-22-23-24-25-26-29-28(31)27-30/h28-31H,2-27H2,1H3. The first kappa shape index (κ1) is 30.9. The Morgan fingerprint density at radius 2 is 0.710 bits per heavy atom. The zero-order chi connectivity index (χ0) is 22.7. The van der Waals surface area contributed by atoms with Gasteiger partial charge in [-0.25, -0.2) is 0 Å². The van der Waals surface area contributed by atoms with E-state index in [-0.39, 0.29) is 6.61 Å². The van der Waals surface area contributed by atoms with Gasteiger partial charge in [0.15, 0.2) is 0 Å². The summed E-state index contributed by atoms with van der Waals surface area (Å²) in [5.74, 6) is 0. The van der Waals surface area contributed by atoms with Crippen molar-refractivity contribution in [3.05, 3.63) is 0 Å². The summed E-state index contributed by atoms with van der Waals surface area (Å²) in [6, 6.07) is 0. The van der Waals surface area contributed by atoms with Crippen molar-refractivity contribution in [3.8, 4) is 0 Å². The van der Waals surface area contributed by atoms with Crippen molar-refractivity contribution in [3.63, 3.8) is 0 Å². The van der Waals surface area contributed by atoms with E-state index in [4.69, 9.17) is 5.11 Å². The first-order valence-corrected chi connectivity index (χ1v) is 14.3. The fourth-order valence-electron chi connectivity index (χ4n) is 4.42. The molecule has 0 aliphatic rings. The molecule has 0 saturated carbocycles. The average molecular weight is 442 g/mol. The van der Waals surface area contributed by atoms with E-state index in [0.29, 0.717) is 0 Å². The van der Waals surface area contributed by atoms with Crippen LogP contribution in [0.1, 0.15) is 161 Å². The van der Waals surface area contributed by atoms with Gasteiger partial charge in [0.2, 0.25) is 0 Å². The molecular weight excluding hydrogens is 382 g/mol. The maximum atomic E-state index is 9.18. The van der Waals surface area contributed by atoms with Gasteiger partial charge in [-0.1, -0.05) is 155 Å². The summed E-state index contributed by atoms with van der Waals surface area (Å²) in [7, 11) is 0. The lowest BCUT2D eigenvalue weighted by atomic mass is 10.0. The van der Waals surface area contributed by atoms with E-state index in [1.807, 2.05) is 0 Å². The van der Waals surface area contributed by atoms with E-state index >= 15 is 0 Å². The number of hydrogen-bond donors (Lipinski definition) is 3. The maximum absolute atomic E-state index is 9.18. The Bertz CT molecular complexity index is 311. The molecule has 0 aromatic rings. The van der Waals surface area contributed by atoms with Gasteiger partial charge in [-0.3, -0.25) is 5.32 Å². The SMILES string of the molecule is CCCCCCCCCCCCCCCCCCCCCCCCCCNC(O)CO. The summed E-state index contributed by atoms with van der Waals surface area (Å²) in [4.78, 5) is 0. The van der Waals surface area contributed by atoms with Crippen LogP contribution < -0.4 is 5.32 Å². The van der Waals surface area contributed by atoms with E-state index in [9.17, 15) is 5.11 Å². The predicted octanol–water partition coefficient (Wildman–Crippen LogP) is 8.27. The predicted molar refractivity (Wildman–Crippen MR) is 138 cm³/mol. The van der Waals surface area contributed by atoms with Gasteiger partial charge >= 0.3 is 0 Å². The van der Waals surface area contributed by atoms with Gasteiger partial charge in [0.25, 0.3) is 0 Å². The molecule has 0 spiro atoms. The van der Waals surface area contributed by atoms with Crippen LogP contribution in [0.25, 0.3) is 0 Å². The largest absolute Gasteiger partial charge is 0.392 e. The van der Waals surface area contributed by atoms with Gasteiger partial charge in [0, 0.05) is 0 Å². The van der Waals surface area contributed by atoms with Gasteiger partial charge in [0.1, 0.15) is 6.23 Å². The average Bonchev–Trinajstić information content (AvgIpc) is 2.78. The Balaban J connectivity index is 3.01. The van der Waals surface area contributed by atoms with Crippen molar-refractivity contribution in [1.82, 2.24) is 5.32 Å². The molecule has 31 heavy (non-hydrogen) atoms. The van der Waals surface area contributed by atoms with Crippen molar-refractivity contribution >= 4 is 0 Å². The minimum absolute atomic E-state index is 0.195. The van der Waals surface area contributed by atoms with Crippen LogP contribution >= 0.6 is 0 Å². The topological polar surface area (TPSA) is 52.5 Å². The normalized spacial score (nSPS) is 12.5. The minimum atomic E-state index is -0.746. The van der Waals surface area contributed by atoms with Gasteiger partial charge in [-0.2, -0.15) is 0 Å². The summed E-state index contributed by atoms with van der Waals surface area (Å²) in [5, 5.41) is 20.8. The molecular formula is C28H59NO2. The first-order valence-electron chi connectivity index (χ1n) is 14.3. The zero-order valence-corrected chi connectivity index (χ0v) is 21.4. The quantitative estimate of drug-likeness (QED) is 0.0887. The second-order valence-electron chi connectivity index (χ2n) is 9.78. The first-order chi connectivity index (χ1) is 15.3. The molecule has 0 aliphatic carbocycles. The summed E-state index contributed by atoms with van der Waals surface area (Å²) < 4.78 is 0. The second kappa shape index (κ2) is 27.9. The van der Waals surface area contributed by atoms with E-state index in [1.54, 1.807) is 0 Å². The maximum Gasteiger partial charge on any atom is 0.128 e. The van der Waals surface area contributed by atoms with E-state index < -0.39 is 6.23 Å². The molecule has 3 N–H and O–H groups in total. The monoisotopic (exact) mass is 441 g/mol. The second-order valence-corrected chi connectivity index (χ2v) is 9.78. The number of unbranched alkanes of at least 4 members (excludes halogenated alkanes) is 23. The molecule has 3 heteroatoms. The molecule has 0 amide bonds. The number of nitrogens with one attached hydrogen (secondary N) is 1. The zero-order valence-electron chi connectivity index (χ0n) is 21.4. The fourth-order valence-corrected chi connectivity index (χ4v) is 4.42. The highest BCUT2D eigenvalue weighted by molar-refractivity contribution is 4.53. The number of aliphatic hydroxyl groups excluding tert-OH is 2. The molecule has 1 atom stereocenters.